The maximum atomic E-state index is 13.9. The first-order valence-corrected chi connectivity index (χ1v) is 14.1. The van der Waals surface area contributed by atoms with Crippen LogP contribution in [0.5, 0.6) is 5.75 Å². The van der Waals surface area contributed by atoms with Crippen molar-refractivity contribution in [3.8, 4) is 11.4 Å². The molecular weight excluding hydrogens is 466 g/mol. The first kappa shape index (κ1) is 23.4. The van der Waals surface area contributed by atoms with E-state index in [2.05, 4.69) is 5.32 Å². The zero-order valence-corrected chi connectivity index (χ0v) is 21.2. The first-order chi connectivity index (χ1) is 16.6. The Morgan fingerprint density at radius 3 is 2.62 bits per heavy atom. The molecule has 3 aromatic rings. The third-order valence-electron chi connectivity index (χ3n) is 6.84. The fourth-order valence-corrected chi connectivity index (χ4v) is 7.19. The quantitative estimate of drug-likeness (QED) is 0.285. The van der Waals surface area contributed by atoms with Gasteiger partial charge in [-0.15, -0.1) is 11.3 Å². The van der Waals surface area contributed by atoms with Gasteiger partial charge in [0.1, 0.15) is 10.6 Å². The molecule has 0 saturated heterocycles. The normalized spacial score (nSPS) is 16.7. The minimum Gasteiger partial charge on any atom is -0.497 e. The van der Waals surface area contributed by atoms with Crippen LogP contribution in [0.1, 0.15) is 61.8 Å². The average molecular weight is 498 g/mol. The number of aryl methyl sites for hydroxylation is 2. The summed E-state index contributed by atoms with van der Waals surface area (Å²) in [6, 6.07) is 7.74. The van der Waals surface area contributed by atoms with Gasteiger partial charge >= 0.3 is 0 Å². The van der Waals surface area contributed by atoms with Crippen molar-refractivity contribution in [2.24, 2.45) is 0 Å². The molecule has 0 bridgehead atoms. The maximum Gasteiger partial charge on any atom is 0.267 e. The van der Waals surface area contributed by atoms with Gasteiger partial charge in [0.05, 0.1) is 23.9 Å². The molecule has 8 heteroatoms. The summed E-state index contributed by atoms with van der Waals surface area (Å²) in [5.74, 6) is 0.987. The zero-order chi connectivity index (χ0) is 23.5. The Morgan fingerprint density at radius 2 is 1.85 bits per heavy atom. The van der Waals surface area contributed by atoms with Gasteiger partial charge in [0.25, 0.3) is 5.56 Å². The van der Waals surface area contributed by atoms with Crippen LogP contribution in [0.4, 0.5) is 0 Å². The van der Waals surface area contributed by atoms with E-state index in [0.717, 1.165) is 60.2 Å². The van der Waals surface area contributed by atoms with Crippen LogP contribution in [0.25, 0.3) is 15.9 Å². The van der Waals surface area contributed by atoms with Crippen molar-refractivity contribution in [1.82, 2.24) is 14.9 Å². The minimum atomic E-state index is -0.0373. The number of fused-ring (bicyclic) bond motifs is 3. The van der Waals surface area contributed by atoms with Crippen LogP contribution in [0.2, 0.25) is 0 Å². The molecule has 5 rings (SSSR count). The number of thioether (sulfide) groups is 1. The van der Waals surface area contributed by atoms with Gasteiger partial charge in [-0.25, -0.2) is 4.98 Å². The Hall–Kier alpha value is -2.32. The minimum absolute atomic E-state index is 0.00879. The topological polar surface area (TPSA) is 73.2 Å². The van der Waals surface area contributed by atoms with Crippen LogP contribution in [0.3, 0.4) is 0 Å². The molecule has 0 atom stereocenters. The number of carbonyl (C=O) groups is 1. The Kier molecular flexibility index (Phi) is 7.25. The molecule has 1 N–H and O–H groups in total. The van der Waals surface area contributed by atoms with Crippen molar-refractivity contribution in [3.63, 3.8) is 0 Å². The first-order valence-electron chi connectivity index (χ1n) is 12.3. The Bertz CT molecular complexity index is 1230. The van der Waals surface area contributed by atoms with Crippen molar-refractivity contribution in [3.05, 3.63) is 45.1 Å². The Balaban J connectivity index is 1.51. The van der Waals surface area contributed by atoms with E-state index in [9.17, 15) is 9.59 Å². The number of nitrogens with one attached hydrogen (secondary N) is 1. The highest BCUT2D eigenvalue weighted by Gasteiger charge is 2.23. The molecule has 1 amide bonds. The number of rotatable bonds is 6. The molecule has 0 aliphatic heterocycles. The van der Waals surface area contributed by atoms with Crippen LogP contribution in [0.15, 0.2) is 34.2 Å². The van der Waals surface area contributed by atoms with Crippen LogP contribution >= 0.6 is 23.1 Å². The predicted octanol–water partition coefficient (Wildman–Crippen LogP) is 5.27. The molecular formula is C26H31N3O3S2. The molecule has 6 nitrogen and oxygen atoms in total. The maximum absolute atomic E-state index is 13.9. The summed E-state index contributed by atoms with van der Waals surface area (Å²) in [5.41, 5.74) is 1.89. The SMILES string of the molecule is COc1ccc(-n2c(SCC(=O)NC3CCCCC3)nc3sc4c(c3c2=O)CCCCC4)cc1. The van der Waals surface area contributed by atoms with E-state index in [4.69, 9.17) is 9.72 Å². The second kappa shape index (κ2) is 10.5. The zero-order valence-electron chi connectivity index (χ0n) is 19.6. The van der Waals surface area contributed by atoms with Crippen molar-refractivity contribution >= 4 is 39.2 Å². The molecule has 34 heavy (non-hydrogen) atoms. The summed E-state index contributed by atoms with van der Waals surface area (Å²) in [6.07, 6.45) is 11.1. The summed E-state index contributed by atoms with van der Waals surface area (Å²) in [4.78, 5) is 33.6. The lowest BCUT2D eigenvalue weighted by atomic mass is 9.95. The number of hydrogen-bond acceptors (Lipinski definition) is 6. The molecule has 0 spiro atoms. The average Bonchev–Trinajstić information content (AvgIpc) is 3.05. The molecule has 2 heterocycles. The highest BCUT2D eigenvalue weighted by molar-refractivity contribution is 7.99. The molecule has 0 unspecified atom stereocenters. The van der Waals surface area contributed by atoms with Gasteiger partial charge in [-0.05, 0) is 68.4 Å². The number of ether oxygens (including phenoxy) is 1. The smallest absolute Gasteiger partial charge is 0.267 e. The molecule has 2 aromatic heterocycles. The summed E-state index contributed by atoms with van der Waals surface area (Å²) in [7, 11) is 1.63. The van der Waals surface area contributed by atoms with Crippen molar-refractivity contribution in [1.29, 1.82) is 0 Å². The number of hydrogen-bond donors (Lipinski definition) is 1. The Labute approximate surface area is 208 Å². The number of benzene rings is 1. The van der Waals surface area contributed by atoms with E-state index in [-0.39, 0.29) is 23.3 Å². The van der Waals surface area contributed by atoms with E-state index in [1.165, 1.54) is 47.9 Å². The molecule has 2 aliphatic rings. The van der Waals surface area contributed by atoms with Gasteiger partial charge in [-0.3, -0.25) is 14.2 Å². The molecule has 1 aromatic carbocycles. The summed E-state index contributed by atoms with van der Waals surface area (Å²) < 4.78 is 6.98. The monoisotopic (exact) mass is 497 g/mol. The third-order valence-corrected chi connectivity index (χ3v) is 8.97. The van der Waals surface area contributed by atoms with Crippen LogP contribution in [-0.4, -0.2) is 34.4 Å². The number of methoxy groups -OCH3 is 1. The second-order valence-electron chi connectivity index (χ2n) is 9.17. The van der Waals surface area contributed by atoms with Crippen LogP contribution in [0, 0.1) is 0 Å². The standard InChI is InChI=1S/C26H31N3O3S2/c1-32-19-14-12-18(13-15-19)29-25(31)23-20-10-6-3-7-11-21(20)34-24(23)28-26(29)33-16-22(30)27-17-8-4-2-5-9-17/h12-15,17H,2-11,16H2,1H3,(H,27,30). The molecule has 2 aliphatic carbocycles. The fourth-order valence-electron chi connectivity index (χ4n) is 5.07. The Morgan fingerprint density at radius 1 is 1.12 bits per heavy atom. The third kappa shape index (κ3) is 4.89. The van der Waals surface area contributed by atoms with E-state index in [0.29, 0.717) is 5.16 Å². The van der Waals surface area contributed by atoms with Crippen LogP contribution < -0.4 is 15.6 Å². The van der Waals surface area contributed by atoms with E-state index < -0.39 is 0 Å². The lowest BCUT2D eigenvalue weighted by Gasteiger charge is -2.22. The lowest BCUT2D eigenvalue weighted by molar-refractivity contribution is -0.119. The van der Waals surface area contributed by atoms with E-state index in [1.807, 2.05) is 24.3 Å². The van der Waals surface area contributed by atoms with Crippen molar-refractivity contribution < 1.29 is 9.53 Å². The largest absolute Gasteiger partial charge is 0.497 e. The highest BCUT2D eigenvalue weighted by Crippen LogP contribution is 2.35. The van der Waals surface area contributed by atoms with Crippen LogP contribution in [-0.2, 0) is 17.6 Å². The molecule has 1 saturated carbocycles. The van der Waals surface area contributed by atoms with Gasteiger partial charge < -0.3 is 10.1 Å². The number of carbonyl (C=O) groups excluding carboxylic acids is 1. The molecule has 1 fully saturated rings. The predicted molar refractivity (Wildman–Crippen MR) is 139 cm³/mol. The van der Waals surface area contributed by atoms with Gasteiger partial charge in [0, 0.05) is 10.9 Å². The second-order valence-corrected chi connectivity index (χ2v) is 11.2. The van der Waals surface area contributed by atoms with Gasteiger partial charge in [-0.2, -0.15) is 0 Å². The highest BCUT2D eigenvalue weighted by atomic mass is 32.2. The van der Waals surface area contributed by atoms with E-state index >= 15 is 0 Å². The lowest BCUT2D eigenvalue weighted by Crippen LogP contribution is -2.37. The van der Waals surface area contributed by atoms with E-state index in [1.54, 1.807) is 23.0 Å². The summed E-state index contributed by atoms with van der Waals surface area (Å²) in [5, 5.41) is 4.50. The molecule has 180 valence electrons. The number of nitrogens with zero attached hydrogens (tertiary/aromatic N) is 2. The number of amides is 1. The summed E-state index contributed by atoms with van der Waals surface area (Å²) in [6.45, 7) is 0. The van der Waals surface area contributed by atoms with Gasteiger partial charge in [0.15, 0.2) is 5.16 Å². The fraction of sp³-hybridized carbons (Fsp3) is 0.500. The van der Waals surface area contributed by atoms with Gasteiger partial charge in [0.2, 0.25) is 5.91 Å². The van der Waals surface area contributed by atoms with Crippen molar-refractivity contribution in [2.45, 2.75) is 75.4 Å². The van der Waals surface area contributed by atoms with Crippen molar-refractivity contribution in [2.75, 3.05) is 12.9 Å². The number of aromatic nitrogens is 2. The summed E-state index contributed by atoms with van der Waals surface area (Å²) >= 11 is 3.00. The molecule has 0 radical (unpaired) electrons. The number of thiophene rings is 1. The van der Waals surface area contributed by atoms with Gasteiger partial charge in [-0.1, -0.05) is 37.4 Å².